The third kappa shape index (κ3) is 3.67. The Labute approximate surface area is 177 Å². The summed E-state index contributed by atoms with van der Waals surface area (Å²) in [5.74, 6) is 0.748. The van der Waals surface area contributed by atoms with Gasteiger partial charge in [0.2, 0.25) is 0 Å². The minimum Gasteiger partial charge on any atom is -0.322 e. The van der Waals surface area contributed by atoms with Crippen LogP contribution in [0.5, 0.6) is 0 Å². The molecule has 30 heavy (non-hydrogen) atoms. The molecular formula is C23H32N6O. The predicted octanol–water partition coefficient (Wildman–Crippen LogP) is 3.85. The quantitative estimate of drug-likeness (QED) is 0.694. The van der Waals surface area contributed by atoms with Gasteiger partial charge in [-0.3, -0.25) is 9.69 Å². The molecule has 0 spiro atoms. The molecule has 1 aromatic carbocycles. The summed E-state index contributed by atoms with van der Waals surface area (Å²) in [6.45, 7) is 12.4. The predicted molar refractivity (Wildman–Crippen MR) is 119 cm³/mol. The van der Waals surface area contributed by atoms with Crippen molar-refractivity contribution in [1.82, 2.24) is 30.1 Å². The van der Waals surface area contributed by atoms with E-state index in [2.05, 4.69) is 72.2 Å². The summed E-state index contributed by atoms with van der Waals surface area (Å²) in [4.78, 5) is 18.8. The molecule has 1 aliphatic rings. The third-order valence-corrected chi connectivity index (χ3v) is 6.57. The van der Waals surface area contributed by atoms with Crippen LogP contribution < -0.4 is 5.56 Å². The van der Waals surface area contributed by atoms with Crippen molar-refractivity contribution in [3.8, 4) is 0 Å². The molecule has 1 N–H and O–H groups in total. The zero-order valence-corrected chi connectivity index (χ0v) is 18.7. The van der Waals surface area contributed by atoms with Crippen LogP contribution >= 0.6 is 0 Å². The molecule has 2 aromatic heterocycles. The van der Waals surface area contributed by atoms with Crippen LogP contribution in [0.15, 0.2) is 23.0 Å². The van der Waals surface area contributed by atoms with Gasteiger partial charge in [-0.1, -0.05) is 19.4 Å². The van der Waals surface area contributed by atoms with Crippen molar-refractivity contribution < 1.29 is 0 Å². The van der Waals surface area contributed by atoms with Crippen molar-refractivity contribution in [1.29, 1.82) is 0 Å². The smallest absolute Gasteiger partial charge is 0.253 e. The summed E-state index contributed by atoms with van der Waals surface area (Å²) >= 11 is 0. The molecule has 7 heteroatoms. The summed E-state index contributed by atoms with van der Waals surface area (Å²) in [6, 6.07) is 5.98. The highest BCUT2D eigenvalue weighted by Crippen LogP contribution is 2.32. The second-order valence-electron chi connectivity index (χ2n) is 9.21. The molecule has 0 saturated carbocycles. The Kier molecular flexibility index (Phi) is 5.49. The molecule has 1 saturated heterocycles. The minimum atomic E-state index is -0.264. The van der Waals surface area contributed by atoms with Crippen molar-refractivity contribution in [3.05, 3.63) is 51.1 Å². The SMILES string of the molecule is CCC(C)(C)n1nnnc1[C@H](c1cc2c(C)cc(C)cc2[nH]c1=O)N1CCCCC1. The first-order valence-corrected chi connectivity index (χ1v) is 11.0. The third-order valence-electron chi connectivity index (χ3n) is 6.57. The second-order valence-corrected chi connectivity index (χ2v) is 9.21. The van der Waals surface area contributed by atoms with Gasteiger partial charge in [-0.05, 0) is 93.7 Å². The van der Waals surface area contributed by atoms with Gasteiger partial charge in [0.25, 0.3) is 5.56 Å². The molecule has 160 valence electrons. The fourth-order valence-corrected chi connectivity index (χ4v) is 4.51. The number of tetrazole rings is 1. The highest BCUT2D eigenvalue weighted by atomic mass is 16.1. The first-order valence-electron chi connectivity index (χ1n) is 11.0. The van der Waals surface area contributed by atoms with Gasteiger partial charge >= 0.3 is 0 Å². The van der Waals surface area contributed by atoms with E-state index in [0.717, 1.165) is 65.8 Å². The zero-order valence-electron chi connectivity index (χ0n) is 18.7. The lowest BCUT2D eigenvalue weighted by Crippen LogP contribution is -2.40. The normalized spacial score (nSPS) is 16.8. The molecule has 3 heterocycles. The Bertz CT molecular complexity index is 1110. The van der Waals surface area contributed by atoms with E-state index in [0.29, 0.717) is 0 Å². The van der Waals surface area contributed by atoms with Gasteiger partial charge in [0.15, 0.2) is 5.82 Å². The number of hydrogen-bond acceptors (Lipinski definition) is 5. The maximum atomic E-state index is 13.3. The van der Waals surface area contributed by atoms with Crippen LogP contribution in [0.4, 0.5) is 0 Å². The summed E-state index contributed by atoms with van der Waals surface area (Å²) in [6.07, 6.45) is 4.36. The van der Waals surface area contributed by atoms with Crippen molar-refractivity contribution in [2.45, 2.75) is 71.9 Å². The van der Waals surface area contributed by atoms with E-state index < -0.39 is 0 Å². The van der Waals surface area contributed by atoms with Crippen molar-refractivity contribution >= 4 is 10.9 Å². The van der Waals surface area contributed by atoms with Gasteiger partial charge in [0.05, 0.1) is 5.54 Å². The molecule has 1 aliphatic heterocycles. The first-order chi connectivity index (χ1) is 14.3. The van der Waals surface area contributed by atoms with Crippen molar-refractivity contribution in [3.63, 3.8) is 0 Å². The molecule has 0 bridgehead atoms. The first kappa shape index (κ1) is 20.7. The van der Waals surface area contributed by atoms with Crippen LogP contribution in [-0.2, 0) is 5.54 Å². The van der Waals surface area contributed by atoms with Crippen LogP contribution in [0.1, 0.15) is 75.0 Å². The van der Waals surface area contributed by atoms with Crippen molar-refractivity contribution in [2.75, 3.05) is 13.1 Å². The summed E-state index contributed by atoms with van der Waals surface area (Å²) in [7, 11) is 0. The Morgan fingerprint density at radius 2 is 1.87 bits per heavy atom. The van der Waals surface area contributed by atoms with Crippen LogP contribution in [0, 0.1) is 13.8 Å². The summed E-state index contributed by atoms with van der Waals surface area (Å²) < 4.78 is 1.91. The zero-order chi connectivity index (χ0) is 21.5. The average molecular weight is 409 g/mol. The summed E-state index contributed by atoms with van der Waals surface area (Å²) in [5.41, 5.74) is 3.61. The van der Waals surface area contributed by atoms with Crippen LogP contribution in [0.25, 0.3) is 10.9 Å². The molecule has 1 fully saturated rings. The number of pyridine rings is 1. The van der Waals surface area contributed by atoms with Crippen LogP contribution in [0.2, 0.25) is 0 Å². The Balaban J connectivity index is 1.93. The molecule has 0 amide bonds. The van der Waals surface area contributed by atoms with Gasteiger partial charge in [-0.15, -0.1) is 5.10 Å². The Hall–Kier alpha value is -2.54. The number of benzene rings is 1. The molecule has 4 rings (SSSR count). The van der Waals surface area contributed by atoms with Gasteiger partial charge in [-0.25, -0.2) is 4.68 Å². The average Bonchev–Trinajstić information content (AvgIpc) is 3.20. The number of piperidine rings is 1. The Morgan fingerprint density at radius 1 is 1.13 bits per heavy atom. The number of likely N-dealkylation sites (tertiary alicyclic amines) is 1. The number of nitrogens with zero attached hydrogens (tertiary/aromatic N) is 5. The highest BCUT2D eigenvalue weighted by molar-refractivity contribution is 5.83. The standard InChI is InChI=1S/C23H32N6O/c1-6-23(4,5)29-21(25-26-27-29)20(28-10-8-7-9-11-28)18-14-17-16(3)12-15(2)13-19(17)24-22(18)30/h12-14,20H,6-11H2,1-5H3,(H,24,30)/t20-/m0/s1. The second kappa shape index (κ2) is 7.95. The highest BCUT2D eigenvalue weighted by Gasteiger charge is 2.34. The molecule has 0 radical (unpaired) electrons. The van der Waals surface area contributed by atoms with E-state index in [-0.39, 0.29) is 17.1 Å². The maximum Gasteiger partial charge on any atom is 0.253 e. The number of aromatic amines is 1. The topological polar surface area (TPSA) is 79.7 Å². The number of hydrogen-bond donors (Lipinski definition) is 1. The molecule has 1 atom stereocenters. The molecule has 0 unspecified atom stereocenters. The molecular weight excluding hydrogens is 376 g/mol. The molecule has 0 aliphatic carbocycles. The lowest BCUT2D eigenvalue weighted by atomic mass is 9.96. The fourth-order valence-electron chi connectivity index (χ4n) is 4.51. The largest absolute Gasteiger partial charge is 0.322 e. The van der Waals surface area contributed by atoms with Crippen LogP contribution in [-0.4, -0.2) is 43.2 Å². The number of aryl methyl sites for hydroxylation is 2. The van der Waals surface area contributed by atoms with E-state index in [9.17, 15) is 4.79 Å². The minimum absolute atomic E-state index is 0.0630. The van der Waals surface area contributed by atoms with E-state index >= 15 is 0 Å². The van der Waals surface area contributed by atoms with Gasteiger partial charge in [0.1, 0.15) is 6.04 Å². The molecule has 7 nitrogen and oxygen atoms in total. The van der Waals surface area contributed by atoms with Crippen molar-refractivity contribution in [2.24, 2.45) is 0 Å². The lowest BCUT2D eigenvalue weighted by molar-refractivity contribution is 0.167. The van der Waals surface area contributed by atoms with E-state index in [4.69, 9.17) is 0 Å². The Morgan fingerprint density at radius 3 is 2.57 bits per heavy atom. The molecule has 3 aromatic rings. The van der Waals surface area contributed by atoms with E-state index in [1.54, 1.807) is 0 Å². The number of nitrogens with one attached hydrogen (secondary N) is 1. The number of fused-ring (bicyclic) bond motifs is 1. The number of aromatic nitrogens is 5. The van der Waals surface area contributed by atoms with Gasteiger partial charge in [0, 0.05) is 16.5 Å². The lowest BCUT2D eigenvalue weighted by Gasteiger charge is -2.35. The number of H-pyrrole nitrogens is 1. The number of rotatable bonds is 5. The monoisotopic (exact) mass is 408 g/mol. The van der Waals surface area contributed by atoms with E-state index in [1.165, 1.54) is 6.42 Å². The van der Waals surface area contributed by atoms with Gasteiger partial charge in [-0.2, -0.15) is 0 Å². The summed E-state index contributed by atoms with van der Waals surface area (Å²) in [5, 5.41) is 13.9. The van der Waals surface area contributed by atoms with Gasteiger partial charge < -0.3 is 4.98 Å². The van der Waals surface area contributed by atoms with E-state index in [1.807, 2.05) is 10.7 Å². The van der Waals surface area contributed by atoms with Crippen LogP contribution in [0.3, 0.4) is 0 Å². The maximum absolute atomic E-state index is 13.3. The fraction of sp³-hybridized carbons (Fsp3) is 0.565.